The highest BCUT2D eigenvalue weighted by atomic mass is 35.5. The Kier molecular flexibility index (Phi) is 4.80. The molecule has 0 amide bonds. The summed E-state index contributed by atoms with van der Waals surface area (Å²) in [4.78, 5) is 8.02. The fourth-order valence-corrected chi connectivity index (χ4v) is 3.51. The first-order valence-electron chi connectivity index (χ1n) is 7.45. The van der Waals surface area contributed by atoms with Crippen LogP contribution in [0.3, 0.4) is 0 Å². The zero-order valence-electron chi connectivity index (χ0n) is 13.6. The van der Waals surface area contributed by atoms with Crippen LogP contribution >= 0.6 is 11.6 Å². The molecule has 3 N–H and O–H groups in total. The van der Waals surface area contributed by atoms with E-state index in [1.807, 2.05) is 0 Å². The number of anilines is 2. The topological polar surface area (TPSA) is 98.0 Å². The van der Waals surface area contributed by atoms with Crippen LogP contribution < -0.4 is 10.5 Å². The Labute approximate surface area is 154 Å². The fourth-order valence-electron chi connectivity index (χ4n) is 2.32. The largest absolute Gasteiger partial charge is 0.384 e. The molecule has 3 rings (SSSR count). The summed E-state index contributed by atoms with van der Waals surface area (Å²) in [7, 11) is -3.99. The quantitative estimate of drug-likeness (QED) is 0.706. The van der Waals surface area contributed by atoms with Crippen molar-refractivity contribution in [1.29, 1.82) is 0 Å². The van der Waals surface area contributed by atoms with E-state index in [-0.39, 0.29) is 27.4 Å². The number of hydrogen-bond donors (Lipinski definition) is 2. The van der Waals surface area contributed by atoms with E-state index < -0.39 is 15.8 Å². The first-order valence-corrected chi connectivity index (χ1v) is 9.31. The van der Waals surface area contributed by atoms with Gasteiger partial charge in [-0.05, 0) is 42.8 Å². The summed E-state index contributed by atoms with van der Waals surface area (Å²) in [6, 6.07) is 11.7. The summed E-state index contributed by atoms with van der Waals surface area (Å²) < 4.78 is 41.0. The molecule has 2 aromatic heterocycles. The number of rotatable bonds is 4. The molecule has 0 spiro atoms. The molecule has 0 unspecified atom stereocenters. The van der Waals surface area contributed by atoms with Crippen molar-refractivity contribution in [2.24, 2.45) is 0 Å². The minimum absolute atomic E-state index is 0.0253. The van der Waals surface area contributed by atoms with Crippen molar-refractivity contribution in [3.05, 3.63) is 64.9 Å². The van der Waals surface area contributed by atoms with Gasteiger partial charge in [0, 0.05) is 5.56 Å². The van der Waals surface area contributed by atoms with Gasteiger partial charge in [0.05, 0.1) is 10.7 Å². The van der Waals surface area contributed by atoms with E-state index in [4.69, 9.17) is 17.3 Å². The van der Waals surface area contributed by atoms with Gasteiger partial charge in [0.1, 0.15) is 17.5 Å². The standard InChI is InChI=1S/C17H14ClFN4O2S/c1-10-11(4-2-5-13(10)19)17-12(18)8-9-15(22-17)23-26(24,25)16-7-3-6-14(20)21-16/h2-9H,1H3,(H2,20,21)(H,22,23). The van der Waals surface area contributed by atoms with E-state index in [9.17, 15) is 12.8 Å². The highest BCUT2D eigenvalue weighted by Crippen LogP contribution is 2.31. The van der Waals surface area contributed by atoms with Gasteiger partial charge in [0.25, 0.3) is 10.0 Å². The maximum absolute atomic E-state index is 13.8. The number of halogens is 2. The second kappa shape index (κ2) is 6.89. The molecule has 3 aromatic rings. The maximum Gasteiger partial charge on any atom is 0.280 e. The van der Waals surface area contributed by atoms with Crippen molar-refractivity contribution in [2.45, 2.75) is 11.9 Å². The molecule has 0 bridgehead atoms. The summed E-state index contributed by atoms with van der Waals surface area (Å²) in [5.41, 5.74) is 6.63. The van der Waals surface area contributed by atoms with Gasteiger partial charge in [0.2, 0.25) is 0 Å². The monoisotopic (exact) mass is 392 g/mol. The zero-order chi connectivity index (χ0) is 18.9. The number of nitrogen functional groups attached to an aromatic ring is 1. The predicted octanol–water partition coefficient (Wildman–Crippen LogP) is 3.63. The van der Waals surface area contributed by atoms with Crippen LogP contribution in [-0.4, -0.2) is 18.4 Å². The van der Waals surface area contributed by atoms with Crippen molar-refractivity contribution in [2.75, 3.05) is 10.5 Å². The Balaban J connectivity index is 2.02. The number of nitrogens with one attached hydrogen (secondary N) is 1. The third-order valence-corrected chi connectivity index (χ3v) is 5.19. The molecule has 0 aliphatic carbocycles. The first-order chi connectivity index (χ1) is 12.3. The van der Waals surface area contributed by atoms with Crippen molar-refractivity contribution in [1.82, 2.24) is 9.97 Å². The van der Waals surface area contributed by atoms with Crippen LogP contribution in [0.15, 0.2) is 53.6 Å². The van der Waals surface area contributed by atoms with Crippen molar-refractivity contribution < 1.29 is 12.8 Å². The Morgan fingerprint density at radius 3 is 2.54 bits per heavy atom. The average molecular weight is 393 g/mol. The van der Waals surface area contributed by atoms with E-state index in [2.05, 4.69) is 14.7 Å². The molecule has 0 aliphatic rings. The summed E-state index contributed by atoms with van der Waals surface area (Å²) in [6.45, 7) is 1.59. The minimum atomic E-state index is -3.99. The molecule has 134 valence electrons. The number of benzene rings is 1. The molecule has 0 atom stereocenters. The van der Waals surface area contributed by atoms with Gasteiger partial charge in [-0.1, -0.05) is 29.8 Å². The van der Waals surface area contributed by atoms with Crippen LogP contribution in [0.5, 0.6) is 0 Å². The molecule has 9 heteroatoms. The highest BCUT2D eigenvalue weighted by Gasteiger charge is 2.18. The summed E-state index contributed by atoms with van der Waals surface area (Å²) >= 11 is 6.17. The predicted molar refractivity (Wildman–Crippen MR) is 98.8 cm³/mol. The van der Waals surface area contributed by atoms with Crippen molar-refractivity contribution in [3.63, 3.8) is 0 Å². The molecule has 0 fully saturated rings. The van der Waals surface area contributed by atoms with E-state index in [1.165, 1.54) is 42.5 Å². The summed E-state index contributed by atoms with van der Waals surface area (Å²) in [5, 5.41) is 0.0291. The van der Waals surface area contributed by atoms with Gasteiger partial charge in [0.15, 0.2) is 5.03 Å². The van der Waals surface area contributed by atoms with Gasteiger partial charge in [-0.3, -0.25) is 4.72 Å². The number of sulfonamides is 1. The third-order valence-electron chi connectivity index (χ3n) is 3.63. The lowest BCUT2D eigenvalue weighted by molar-refractivity contribution is 0.597. The number of pyridine rings is 2. The lowest BCUT2D eigenvalue weighted by Gasteiger charge is -2.11. The van der Waals surface area contributed by atoms with E-state index in [1.54, 1.807) is 13.0 Å². The first kappa shape index (κ1) is 18.1. The molecular formula is C17H14ClFN4O2S. The van der Waals surface area contributed by atoms with Crippen LogP contribution in [0.1, 0.15) is 5.56 Å². The summed E-state index contributed by atoms with van der Waals surface area (Å²) in [5.74, 6) is -0.305. The molecule has 2 heterocycles. The molecule has 0 aliphatic heterocycles. The van der Waals surface area contributed by atoms with Crippen LogP contribution in [0.25, 0.3) is 11.3 Å². The molecule has 0 saturated carbocycles. The minimum Gasteiger partial charge on any atom is -0.384 e. The normalized spacial score (nSPS) is 11.3. The third kappa shape index (κ3) is 3.61. The summed E-state index contributed by atoms with van der Waals surface area (Å²) in [6.07, 6.45) is 0. The number of hydrogen-bond acceptors (Lipinski definition) is 5. The molecule has 1 aromatic carbocycles. The SMILES string of the molecule is Cc1c(F)cccc1-c1nc(NS(=O)(=O)c2cccc(N)n2)ccc1Cl. The molecule has 0 radical (unpaired) electrons. The van der Waals surface area contributed by atoms with Gasteiger partial charge < -0.3 is 5.73 Å². The number of nitrogens with two attached hydrogens (primary N) is 1. The molecule has 0 saturated heterocycles. The lowest BCUT2D eigenvalue weighted by atomic mass is 10.0. The highest BCUT2D eigenvalue weighted by molar-refractivity contribution is 7.92. The van der Waals surface area contributed by atoms with Crippen LogP contribution in [0.2, 0.25) is 5.02 Å². The molecule has 26 heavy (non-hydrogen) atoms. The average Bonchev–Trinajstić information content (AvgIpc) is 2.59. The molecular weight excluding hydrogens is 379 g/mol. The Bertz CT molecular complexity index is 1090. The second-order valence-corrected chi connectivity index (χ2v) is 7.48. The van der Waals surface area contributed by atoms with Gasteiger partial charge >= 0.3 is 0 Å². The Morgan fingerprint density at radius 2 is 1.81 bits per heavy atom. The van der Waals surface area contributed by atoms with Gasteiger partial charge in [-0.2, -0.15) is 8.42 Å². The number of nitrogens with zero attached hydrogens (tertiary/aromatic N) is 2. The van der Waals surface area contributed by atoms with E-state index in [0.717, 1.165) is 0 Å². The maximum atomic E-state index is 13.8. The van der Waals surface area contributed by atoms with Crippen molar-refractivity contribution >= 4 is 33.3 Å². The Morgan fingerprint density at radius 1 is 1.08 bits per heavy atom. The Hall–Kier alpha value is -2.71. The fraction of sp³-hybridized carbons (Fsp3) is 0.0588. The smallest absolute Gasteiger partial charge is 0.280 e. The van der Waals surface area contributed by atoms with Gasteiger partial charge in [-0.15, -0.1) is 0 Å². The number of aromatic nitrogens is 2. The van der Waals surface area contributed by atoms with Gasteiger partial charge in [-0.25, -0.2) is 14.4 Å². The van der Waals surface area contributed by atoms with Crippen molar-refractivity contribution in [3.8, 4) is 11.3 Å². The second-order valence-electron chi connectivity index (χ2n) is 5.45. The van der Waals surface area contributed by atoms with Crippen LogP contribution in [0, 0.1) is 12.7 Å². The van der Waals surface area contributed by atoms with Crippen LogP contribution in [0.4, 0.5) is 16.0 Å². The molecule has 6 nitrogen and oxygen atoms in total. The zero-order valence-corrected chi connectivity index (χ0v) is 15.1. The van der Waals surface area contributed by atoms with E-state index in [0.29, 0.717) is 11.1 Å². The van der Waals surface area contributed by atoms with Crippen LogP contribution in [-0.2, 0) is 10.0 Å². The van der Waals surface area contributed by atoms with E-state index >= 15 is 0 Å². The lowest BCUT2D eigenvalue weighted by Crippen LogP contribution is -2.16.